The summed E-state index contributed by atoms with van der Waals surface area (Å²) in [6.07, 6.45) is 3.00. The Balaban J connectivity index is 1.67. The van der Waals surface area contributed by atoms with Crippen molar-refractivity contribution >= 4 is 17.1 Å². The van der Waals surface area contributed by atoms with Gasteiger partial charge in [0.15, 0.2) is 12.2 Å². The fourth-order valence-electron chi connectivity index (χ4n) is 3.78. The number of rotatable bonds is 5. The number of nitriles is 1. The smallest absolute Gasteiger partial charge is 0.265 e. The predicted octanol–water partition coefficient (Wildman–Crippen LogP) is 4.37. The molecular weight excluding hydrogens is 390 g/mol. The highest BCUT2D eigenvalue weighted by Gasteiger charge is 2.29. The number of aromatic nitrogens is 2. The highest BCUT2D eigenvalue weighted by Crippen LogP contribution is 2.38. The van der Waals surface area contributed by atoms with Crippen molar-refractivity contribution in [2.24, 2.45) is 0 Å². The van der Waals surface area contributed by atoms with Crippen molar-refractivity contribution in [3.05, 3.63) is 70.7 Å². The molecule has 1 unspecified atom stereocenters. The van der Waals surface area contributed by atoms with E-state index in [1.807, 2.05) is 6.07 Å². The number of oxazole rings is 1. The third kappa shape index (κ3) is 3.48. The van der Waals surface area contributed by atoms with E-state index >= 15 is 0 Å². The molecule has 0 saturated heterocycles. The van der Waals surface area contributed by atoms with Gasteiger partial charge < -0.3 is 15.5 Å². The minimum Gasteiger partial charge on any atom is -0.442 e. The zero-order valence-electron chi connectivity index (χ0n) is 15.8. The lowest BCUT2D eigenvalue weighted by atomic mass is 9.87. The summed E-state index contributed by atoms with van der Waals surface area (Å²) in [6.45, 7) is 0. The van der Waals surface area contributed by atoms with Gasteiger partial charge in [0, 0.05) is 28.7 Å². The number of nitrogens with one attached hydrogen (secondary N) is 2. The van der Waals surface area contributed by atoms with E-state index in [2.05, 4.69) is 15.3 Å². The highest BCUT2D eigenvalue weighted by atomic mass is 19.3. The maximum atomic E-state index is 13.6. The van der Waals surface area contributed by atoms with Crippen molar-refractivity contribution < 1.29 is 13.2 Å². The van der Waals surface area contributed by atoms with Crippen LogP contribution >= 0.6 is 0 Å². The minimum absolute atomic E-state index is 0.0836. The number of halogens is 2. The number of hydrogen-bond donors (Lipinski definition) is 3. The van der Waals surface area contributed by atoms with Gasteiger partial charge in [0.05, 0.1) is 23.5 Å². The largest absolute Gasteiger partial charge is 0.442 e. The Hall–Kier alpha value is -3.80. The van der Waals surface area contributed by atoms with Gasteiger partial charge in [-0.1, -0.05) is 0 Å². The van der Waals surface area contributed by atoms with Gasteiger partial charge in [0.1, 0.15) is 11.8 Å². The SMILES string of the molecule is N#Cc1cnc2c(c1C(F)F)CCCC2Nc1ccc(N)c(C(=N)c2cnco2)c1. The molecular formula is C21H18F2N6O. The molecule has 7 nitrogen and oxygen atoms in total. The zero-order chi connectivity index (χ0) is 21.3. The zero-order valence-corrected chi connectivity index (χ0v) is 15.8. The normalized spacial score (nSPS) is 15.5. The molecule has 0 saturated carbocycles. The van der Waals surface area contributed by atoms with Crippen LogP contribution in [0.3, 0.4) is 0 Å². The van der Waals surface area contributed by atoms with E-state index in [1.54, 1.807) is 18.2 Å². The molecule has 1 aliphatic rings. The Morgan fingerprint density at radius 2 is 2.20 bits per heavy atom. The van der Waals surface area contributed by atoms with Gasteiger partial charge in [-0.3, -0.25) is 10.4 Å². The molecule has 1 atom stereocenters. The molecule has 0 aliphatic heterocycles. The van der Waals surface area contributed by atoms with E-state index in [-0.39, 0.29) is 28.6 Å². The first-order valence-electron chi connectivity index (χ1n) is 9.33. The van der Waals surface area contributed by atoms with Crippen molar-refractivity contribution in [3.8, 4) is 6.07 Å². The number of nitrogens with two attached hydrogens (primary N) is 1. The summed E-state index contributed by atoms with van der Waals surface area (Å²) in [6, 6.07) is 6.67. The van der Waals surface area contributed by atoms with E-state index in [4.69, 9.17) is 15.6 Å². The Bertz CT molecular complexity index is 1140. The lowest BCUT2D eigenvalue weighted by molar-refractivity contribution is 0.149. The van der Waals surface area contributed by atoms with Gasteiger partial charge in [-0.15, -0.1) is 0 Å². The monoisotopic (exact) mass is 408 g/mol. The summed E-state index contributed by atoms with van der Waals surface area (Å²) in [4.78, 5) is 8.14. The first-order valence-corrected chi connectivity index (χ1v) is 9.33. The number of anilines is 2. The third-order valence-corrected chi connectivity index (χ3v) is 5.19. The molecule has 152 valence electrons. The van der Waals surface area contributed by atoms with Crippen LogP contribution in [0, 0.1) is 16.7 Å². The number of fused-ring (bicyclic) bond motifs is 1. The first-order chi connectivity index (χ1) is 14.5. The van der Waals surface area contributed by atoms with Gasteiger partial charge in [0.25, 0.3) is 6.43 Å². The van der Waals surface area contributed by atoms with Crippen LogP contribution in [0.15, 0.2) is 41.4 Å². The van der Waals surface area contributed by atoms with E-state index in [0.29, 0.717) is 47.5 Å². The highest BCUT2D eigenvalue weighted by molar-refractivity contribution is 6.12. The van der Waals surface area contributed by atoms with Crippen molar-refractivity contribution in [1.82, 2.24) is 9.97 Å². The van der Waals surface area contributed by atoms with Crippen molar-refractivity contribution in [3.63, 3.8) is 0 Å². The molecule has 0 bridgehead atoms. The van der Waals surface area contributed by atoms with Crippen LogP contribution < -0.4 is 11.1 Å². The second kappa shape index (κ2) is 7.91. The van der Waals surface area contributed by atoms with Crippen LogP contribution in [-0.2, 0) is 6.42 Å². The van der Waals surface area contributed by atoms with Crippen LogP contribution in [0.1, 0.15) is 59.0 Å². The van der Waals surface area contributed by atoms with E-state index < -0.39 is 6.43 Å². The maximum Gasteiger partial charge on any atom is 0.265 e. The molecule has 1 aromatic carbocycles. The summed E-state index contributed by atoms with van der Waals surface area (Å²) in [7, 11) is 0. The number of hydrogen-bond acceptors (Lipinski definition) is 7. The van der Waals surface area contributed by atoms with Crippen molar-refractivity contribution in [1.29, 1.82) is 10.7 Å². The lowest BCUT2D eigenvalue weighted by Gasteiger charge is -2.28. The molecule has 3 aromatic rings. The number of nitrogen functional groups attached to an aromatic ring is 1. The second-order valence-corrected chi connectivity index (χ2v) is 6.99. The molecule has 4 rings (SSSR count). The average molecular weight is 408 g/mol. The topological polar surface area (TPSA) is 125 Å². The number of nitrogens with zero attached hydrogens (tertiary/aromatic N) is 3. The summed E-state index contributed by atoms with van der Waals surface area (Å²) in [5.74, 6) is 0.286. The van der Waals surface area contributed by atoms with Gasteiger partial charge >= 0.3 is 0 Å². The van der Waals surface area contributed by atoms with Crippen LogP contribution in [0.25, 0.3) is 0 Å². The molecule has 1 aliphatic carbocycles. The standard InChI is InChI=1S/C21H18F2N6O/c22-21(23)18-11(7-24)8-28-20-13(18)2-1-3-16(20)29-12-4-5-15(25)14(6-12)19(26)17-9-27-10-30-17/h4-6,8-10,16,21,26,29H,1-3,25H2. The van der Waals surface area contributed by atoms with E-state index in [1.165, 1.54) is 18.8 Å². The molecule has 0 fully saturated rings. The lowest BCUT2D eigenvalue weighted by Crippen LogP contribution is -2.21. The average Bonchev–Trinajstić information content (AvgIpc) is 3.28. The predicted molar refractivity (Wildman–Crippen MR) is 106 cm³/mol. The molecule has 4 N–H and O–H groups in total. The quantitative estimate of drug-likeness (QED) is 0.425. The van der Waals surface area contributed by atoms with Gasteiger partial charge in [-0.25, -0.2) is 13.8 Å². The first kappa shape index (κ1) is 19.5. The number of alkyl halides is 2. The summed E-state index contributed by atoms with van der Waals surface area (Å²) in [5.41, 5.74) is 8.33. The third-order valence-electron chi connectivity index (χ3n) is 5.19. The molecule has 2 heterocycles. The Labute approximate surface area is 171 Å². The fourth-order valence-corrected chi connectivity index (χ4v) is 3.78. The Morgan fingerprint density at radius 1 is 1.37 bits per heavy atom. The minimum atomic E-state index is -2.74. The summed E-state index contributed by atoms with van der Waals surface area (Å²) in [5, 5.41) is 20.8. The Kier molecular flexibility index (Phi) is 5.14. The number of pyridine rings is 1. The Morgan fingerprint density at radius 3 is 2.90 bits per heavy atom. The van der Waals surface area contributed by atoms with Crippen LogP contribution in [0.5, 0.6) is 0 Å². The van der Waals surface area contributed by atoms with E-state index in [9.17, 15) is 14.0 Å². The van der Waals surface area contributed by atoms with Crippen molar-refractivity contribution in [2.75, 3.05) is 11.1 Å². The van der Waals surface area contributed by atoms with Crippen molar-refractivity contribution in [2.45, 2.75) is 31.7 Å². The summed E-state index contributed by atoms with van der Waals surface area (Å²) < 4.78 is 32.4. The van der Waals surface area contributed by atoms with Gasteiger partial charge in [-0.05, 0) is 43.0 Å². The fraction of sp³-hybridized carbons (Fsp3) is 0.238. The maximum absolute atomic E-state index is 13.6. The van der Waals surface area contributed by atoms with E-state index in [0.717, 1.165) is 0 Å². The molecule has 0 radical (unpaired) electrons. The van der Waals surface area contributed by atoms with Crippen LogP contribution in [-0.4, -0.2) is 15.7 Å². The number of benzene rings is 1. The molecule has 9 heteroatoms. The second-order valence-electron chi connectivity index (χ2n) is 6.99. The molecule has 2 aromatic heterocycles. The molecule has 30 heavy (non-hydrogen) atoms. The molecule has 0 amide bonds. The summed E-state index contributed by atoms with van der Waals surface area (Å²) >= 11 is 0. The van der Waals surface area contributed by atoms with Crippen LogP contribution in [0.4, 0.5) is 20.2 Å². The van der Waals surface area contributed by atoms with Gasteiger partial charge in [0.2, 0.25) is 0 Å². The van der Waals surface area contributed by atoms with Gasteiger partial charge in [-0.2, -0.15) is 5.26 Å². The van der Waals surface area contributed by atoms with Crippen LogP contribution in [0.2, 0.25) is 0 Å². The molecule has 0 spiro atoms.